The van der Waals surface area contributed by atoms with Crippen LogP contribution in [0.5, 0.6) is 0 Å². The zero-order chi connectivity index (χ0) is 11.5. The van der Waals surface area contributed by atoms with Crippen molar-refractivity contribution in [2.24, 2.45) is 5.73 Å². The predicted molar refractivity (Wildman–Crippen MR) is 80.4 cm³/mol. The normalized spacial score (nSPS) is 24.0. The number of hydrogen-bond donors (Lipinski definition) is 2. The summed E-state index contributed by atoms with van der Waals surface area (Å²) < 4.78 is 5.19. The Morgan fingerprint density at radius 2 is 1.65 bits per heavy atom. The molecule has 17 heavy (non-hydrogen) atoms. The van der Waals surface area contributed by atoms with E-state index in [9.17, 15) is 4.79 Å². The van der Waals surface area contributed by atoms with Gasteiger partial charge >= 0.3 is 6.09 Å². The Morgan fingerprint density at radius 1 is 1.18 bits per heavy atom. The molecule has 1 rings (SSSR count). The molecule has 0 atom stereocenters. The van der Waals surface area contributed by atoms with E-state index >= 15 is 0 Å². The number of rotatable bonds is 1. The first-order chi connectivity index (χ1) is 6.87. The van der Waals surface area contributed by atoms with Crippen LogP contribution in [0.25, 0.3) is 0 Å². The molecular weight excluding hydrogens is 256 g/mol. The summed E-state index contributed by atoms with van der Waals surface area (Å²) in [5.41, 5.74) is 5.36. The van der Waals surface area contributed by atoms with Crippen molar-refractivity contribution in [1.82, 2.24) is 5.32 Å². The minimum absolute atomic E-state index is 0. The van der Waals surface area contributed by atoms with Gasteiger partial charge in [0.25, 0.3) is 0 Å². The van der Waals surface area contributed by atoms with E-state index in [0.29, 0.717) is 6.04 Å². The number of nitrogens with two attached hydrogens (primary N) is 1. The molecule has 0 heterocycles. The number of nitrogens with one attached hydrogen (secondary N) is 1. The largest absolute Gasteiger partial charge is 0.444 e. The molecule has 1 amide bonds. The van der Waals surface area contributed by atoms with Gasteiger partial charge in [-0.2, -0.15) is 27.0 Å². The van der Waals surface area contributed by atoms with Crippen molar-refractivity contribution in [3.05, 3.63) is 0 Å². The molecule has 0 aromatic heterocycles. The number of ether oxygens (including phenoxy) is 1. The molecule has 0 aromatic rings. The number of amides is 1. The Bertz CT molecular complexity index is 224. The molecule has 1 aliphatic carbocycles. The molecule has 3 N–H and O–H groups in total. The van der Waals surface area contributed by atoms with Gasteiger partial charge in [-0.1, -0.05) is 0 Å². The Hall–Kier alpha value is -0.0700. The molecule has 1 saturated carbocycles. The van der Waals surface area contributed by atoms with E-state index < -0.39 is 5.60 Å². The summed E-state index contributed by atoms with van der Waals surface area (Å²) in [5, 5.41) is 2.88. The summed E-state index contributed by atoms with van der Waals surface area (Å²) in [6.45, 7) is 5.59. The summed E-state index contributed by atoms with van der Waals surface area (Å²) in [4.78, 5) is 11.4. The molecule has 0 bridgehead atoms. The molecular formula is C11H26N2O2S2. The summed E-state index contributed by atoms with van der Waals surface area (Å²) >= 11 is 0. The maximum atomic E-state index is 11.4. The summed E-state index contributed by atoms with van der Waals surface area (Å²) in [7, 11) is 0. The van der Waals surface area contributed by atoms with E-state index in [2.05, 4.69) is 5.32 Å². The van der Waals surface area contributed by atoms with Crippen molar-refractivity contribution in [2.45, 2.75) is 64.1 Å². The summed E-state index contributed by atoms with van der Waals surface area (Å²) in [5.74, 6) is 0. The van der Waals surface area contributed by atoms with Crippen molar-refractivity contribution >= 4 is 33.1 Å². The molecule has 0 unspecified atom stereocenters. The van der Waals surface area contributed by atoms with E-state index in [-0.39, 0.29) is 39.1 Å². The smallest absolute Gasteiger partial charge is 0.407 e. The van der Waals surface area contributed by atoms with Gasteiger partial charge in [-0.25, -0.2) is 4.79 Å². The minimum atomic E-state index is -0.421. The van der Waals surface area contributed by atoms with Gasteiger partial charge in [0.1, 0.15) is 5.60 Å². The number of carbonyl (C=O) groups excluding carboxylic acids is 1. The summed E-state index contributed by atoms with van der Waals surface area (Å²) in [6, 6.07) is 0.543. The second kappa shape index (κ2) is 8.11. The lowest BCUT2D eigenvalue weighted by Crippen LogP contribution is -2.42. The van der Waals surface area contributed by atoms with Crippen LogP contribution < -0.4 is 11.1 Å². The fraction of sp³-hybridized carbons (Fsp3) is 0.909. The van der Waals surface area contributed by atoms with E-state index in [0.717, 1.165) is 25.7 Å². The van der Waals surface area contributed by atoms with Gasteiger partial charge in [0.05, 0.1) is 0 Å². The molecule has 1 fully saturated rings. The van der Waals surface area contributed by atoms with E-state index in [4.69, 9.17) is 10.5 Å². The third-order valence-corrected chi connectivity index (χ3v) is 2.49. The molecule has 104 valence electrons. The second-order valence-corrected chi connectivity index (χ2v) is 5.26. The van der Waals surface area contributed by atoms with Crippen LogP contribution in [0.2, 0.25) is 0 Å². The Kier molecular flexibility index (Phi) is 9.19. The highest BCUT2D eigenvalue weighted by Crippen LogP contribution is 2.17. The first-order valence-corrected chi connectivity index (χ1v) is 5.62. The molecule has 0 saturated heterocycles. The topological polar surface area (TPSA) is 64.3 Å². The van der Waals surface area contributed by atoms with Gasteiger partial charge in [0, 0.05) is 12.1 Å². The third-order valence-electron chi connectivity index (χ3n) is 2.49. The van der Waals surface area contributed by atoms with Crippen LogP contribution in [-0.4, -0.2) is 23.8 Å². The predicted octanol–water partition coefficient (Wildman–Crippen LogP) is 2.01. The Morgan fingerprint density at radius 3 is 2.06 bits per heavy atom. The highest BCUT2D eigenvalue weighted by Gasteiger charge is 2.22. The van der Waals surface area contributed by atoms with Crippen LogP contribution in [0.4, 0.5) is 4.79 Å². The fourth-order valence-corrected chi connectivity index (χ4v) is 1.74. The highest BCUT2D eigenvalue weighted by atomic mass is 32.1. The summed E-state index contributed by atoms with van der Waals surface area (Å²) in [6.07, 6.45) is 3.57. The molecule has 0 radical (unpaired) electrons. The first-order valence-electron chi connectivity index (χ1n) is 5.62. The van der Waals surface area contributed by atoms with Crippen molar-refractivity contribution in [3.8, 4) is 0 Å². The highest BCUT2D eigenvalue weighted by molar-refractivity contribution is 7.59. The van der Waals surface area contributed by atoms with E-state index in [1.807, 2.05) is 20.8 Å². The number of hydrogen-bond acceptors (Lipinski definition) is 3. The Balaban J connectivity index is 0. The maximum Gasteiger partial charge on any atom is 0.407 e. The van der Waals surface area contributed by atoms with Crippen molar-refractivity contribution < 1.29 is 9.53 Å². The van der Waals surface area contributed by atoms with Gasteiger partial charge < -0.3 is 15.8 Å². The molecule has 0 aromatic carbocycles. The van der Waals surface area contributed by atoms with Gasteiger partial charge in [0.2, 0.25) is 0 Å². The SMILES string of the molecule is CC(C)(C)OC(=O)NC1CCC(N)CC1.S.S. The second-order valence-electron chi connectivity index (χ2n) is 5.26. The van der Waals surface area contributed by atoms with Crippen LogP contribution in [0, 0.1) is 0 Å². The van der Waals surface area contributed by atoms with Crippen LogP contribution in [0.3, 0.4) is 0 Å². The van der Waals surface area contributed by atoms with Crippen molar-refractivity contribution in [2.75, 3.05) is 0 Å². The van der Waals surface area contributed by atoms with Crippen LogP contribution in [0.15, 0.2) is 0 Å². The number of carbonyl (C=O) groups is 1. The monoisotopic (exact) mass is 282 g/mol. The fourth-order valence-electron chi connectivity index (χ4n) is 1.74. The lowest BCUT2D eigenvalue weighted by atomic mass is 9.92. The van der Waals surface area contributed by atoms with Crippen LogP contribution >= 0.6 is 27.0 Å². The molecule has 6 heteroatoms. The van der Waals surface area contributed by atoms with Gasteiger partial charge in [-0.15, -0.1) is 0 Å². The molecule has 0 aliphatic heterocycles. The standard InChI is InChI=1S/C11H22N2O2.2H2S/c1-11(2,3)15-10(14)13-9-6-4-8(12)5-7-9;;/h8-9H,4-7,12H2,1-3H3,(H,13,14);2*1H2. The zero-order valence-electron chi connectivity index (χ0n) is 10.9. The quantitative estimate of drug-likeness (QED) is 0.773. The van der Waals surface area contributed by atoms with E-state index in [1.54, 1.807) is 0 Å². The van der Waals surface area contributed by atoms with Gasteiger partial charge in [-0.3, -0.25) is 0 Å². The minimum Gasteiger partial charge on any atom is -0.444 e. The zero-order valence-corrected chi connectivity index (χ0v) is 12.9. The number of alkyl carbamates (subject to hydrolysis) is 1. The van der Waals surface area contributed by atoms with Gasteiger partial charge in [-0.05, 0) is 46.5 Å². The maximum absolute atomic E-state index is 11.4. The lowest BCUT2D eigenvalue weighted by Gasteiger charge is -2.28. The van der Waals surface area contributed by atoms with Crippen molar-refractivity contribution in [3.63, 3.8) is 0 Å². The lowest BCUT2D eigenvalue weighted by molar-refractivity contribution is 0.0491. The van der Waals surface area contributed by atoms with Crippen LogP contribution in [-0.2, 0) is 4.74 Å². The average molecular weight is 282 g/mol. The van der Waals surface area contributed by atoms with Crippen LogP contribution in [0.1, 0.15) is 46.5 Å². The third kappa shape index (κ3) is 8.63. The first kappa shape index (κ1) is 19.3. The average Bonchev–Trinajstić information content (AvgIpc) is 2.05. The molecule has 4 nitrogen and oxygen atoms in total. The van der Waals surface area contributed by atoms with Crippen molar-refractivity contribution in [1.29, 1.82) is 0 Å². The molecule has 0 spiro atoms. The molecule has 1 aliphatic rings. The Labute approximate surface area is 118 Å². The van der Waals surface area contributed by atoms with E-state index in [1.165, 1.54) is 0 Å². The van der Waals surface area contributed by atoms with Gasteiger partial charge in [0.15, 0.2) is 0 Å².